The molecule has 0 heterocycles. The highest BCUT2D eigenvalue weighted by Gasteiger charge is 2.23. The number of carbonyl (C=O) groups excluding carboxylic acids is 1. The molecule has 0 spiro atoms. The van der Waals surface area contributed by atoms with Gasteiger partial charge in [-0.05, 0) is 31.4 Å². The Hall–Kier alpha value is -1.55. The van der Waals surface area contributed by atoms with Crippen LogP contribution >= 0.6 is 0 Å². The first-order valence-corrected chi connectivity index (χ1v) is 12.1. The summed E-state index contributed by atoms with van der Waals surface area (Å²) in [5.41, 5.74) is 1.17. The second-order valence-electron chi connectivity index (χ2n) is 8.52. The zero-order chi connectivity index (χ0) is 22.0. The van der Waals surface area contributed by atoms with Gasteiger partial charge >= 0.3 is 5.97 Å². The van der Waals surface area contributed by atoms with Crippen molar-refractivity contribution in [2.24, 2.45) is 0 Å². The van der Waals surface area contributed by atoms with E-state index in [9.17, 15) is 9.90 Å². The van der Waals surface area contributed by atoms with Crippen LogP contribution in [0, 0.1) is 0 Å². The number of rotatable bonds is 18. The summed E-state index contributed by atoms with van der Waals surface area (Å²) >= 11 is 0. The Morgan fingerprint density at radius 1 is 0.900 bits per heavy atom. The van der Waals surface area contributed by atoms with E-state index in [-0.39, 0.29) is 18.1 Å². The van der Waals surface area contributed by atoms with Crippen LogP contribution in [0.1, 0.15) is 96.8 Å². The minimum absolute atomic E-state index is 0.114. The molecule has 1 rings (SSSR count). The second-order valence-corrected chi connectivity index (χ2v) is 8.52. The van der Waals surface area contributed by atoms with Crippen molar-refractivity contribution in [1.29, 1.82) is 0 Å². The molecule has 2 unspecified atom stereocenters. The molecule has 0 fully saturated rings. The predicted octanol–water partition coefficient (Wildman–Crippen LogP) is 6.51. The van der Waals surface area contributed by atoms with Gasteiger partial charge in [0.15, 0.2) is 0 Å². The molecule has 4 nitrogen and oxygen atoms in total. The number of carbonyl (C=O) groups is 1. The lowest BCUT2D eigenvalue weighted by Gasteiger charge is -2.34. The Morgan fingerprint density at radius 3 is 2.10 bits per heavy atom. The number of likely N-dealkylation sites (N-methyl/N-ethyl adjacent to an activating group) is 1. The average Bonchev–Trinajstić information content (AvgIpc) is 2.77. The third kappa shape index (κ3) is 11.6. The molecule has 1 aromatic carbocycles. The molecule has 172 valence electrons. The first-order valence-electron chi connectivity index (χ1n) is 12.1. The predicted molar refractivity (Wildman–Crippen MR) is 127 cm³/mol. The van der Waals surface area contributed by atoms with Crippen molar-refractivity contribution in [2.75, 3.05) is 19.1 Å². The molecular weight excluding hydrogens is 374 g/mol. The summed E-state index contributed by atoms with van der Waals surface area (Å²) in [6.45, 7) is 2.24. The van der Waals surface area contributed by atoms with Crippen LogP contribution in [-0.4, -0.2) is 37.4 Å². The Kier molecular flexibility index (Phi) is 15.2. The van der Waals surface area contributed by atoms with Crippen molar-refractivity contribution >= 4 is 11.7 Å². The van der Waals surface area contributed by atoms with Crippen LogP contribution in [0.4, 0.5) is 5.69 Å². The molecule has 0 aromatic heterocycles. The van der Waals surface area contributed by atoms with E-state index >= 15 is 0 Å². The lowest BCUT2D eigenvalue weighted by molar-refractivity contribution is -0.140. The third-order valence-corrected chi connectivity index (χ3v) is 6.07. The Balaban J connectivity index is 2.43. The third-order valence-electron chi connectivity index (χ3n) is 6.07. The van der Waals surface area contributed by atoms with E-state index in [1.807, 2.05) is 6.07 Å². The van der Waals surface area contributed by atoms with Crippen LogP contribution in [0.5, 0.6) is 0 Å². The summed E-state index contributed by atoms with van der Waals surface area (Å²) in [5.74, 6) is -0.114. The van der Waals surface area contributed by atoms with Crippen LogP contribution in [0.15, 0.2) is 30.3 Å². The summed E-state index contributed by atoms with van der Waals surface area (Å²) in [6.07, 6.45) is 15.0. The van der Waals surface area contributed by atoms with Gasteiger partial charge in [0.1, 0.15) is 0 Å². The van der Waals surface area contributed by atoms with Gasteiger partial charge in [-0.15, -0.1) is 0 Å². The molecule has 0 saturated carbocycles. The number of hydrogen-bond donors (Lipinski definition) is 1. The number of hydrogen-bond acceptors (Lipinski definition) is 4. The molecule has 0 radical (unpaired) electrons. The van der Waals surface area contributed by atoms with Crippen molar-refractivity contribution in [3.8, 4) is 0 Å². The van der Waals surface area contributed by atoms with Crippen molar-refractivity contribution in [2.45, 2.75) is 109 Å². The van der Waals surface area contributed by atoms with Crippen LogP contribution in [0.25, 0.3) is 0 Å². The van der Waals surface area contributed by atoms with Crippen LogP contribution in [-0.2, 0) is 9.53 Å². The van der Waals surface area contributed by atoms with Gasteiger partial charge in [-0.2, -0.15) is 0 Å². The van der Waals surface area contributed by atoms with E-state index in [1.54, 1.807) is 0 Å². The molecule has 0 saturated heterocycles. The highest BCUT2D eigenvalue weighted by molar-refractivity contribution is 5.68. The van der Waals surface area contributed by atoms with Gasteiger partial charge in [-0.25, -0.2) is 0 Å². The highest BCUT2D eigenvalue weighted by atomic mass is 16.5. The van der Waals surface area contributed by atoms with Gasteiger partial charge in [0.25, 0.3) is 0 Å². The molecule has 0 aliphatic heterocycles. The number of unbranched alkanes of at least 4 members (excludes halogenated alkanes) is 9. The number of ether oxygens (including phenoxy) is 1. The lowest BCUT2D eigenvalue weighted by Crippen LogP contribution is -2.41. The molecule has 1 N–H and O–H groups in total. The van der Waals surface area contributed by atoms with E-state index in [0.29, 0.717) is 6.42 Å². The second kappa shape index (κ2) is 17.2. The molecule has 2 atom stereocenters. The molecule has 30 heavy (non-hydrogen) atoms. The fourth-order valence-corrected chi connectivity index (χ4v) is 4.08. The number of methoxy groups -OCH3 is 1. The number of nitrogens with zero attached hydrogens (tertiary/aromatic N) is 1. The van der Waals surface area contributed by atoms with Crippen molar-refractivity contribution in [3.63, 3.8) is 0 Å². The molecular formula is C26H45NO3. The maximum Gasteiger partial charge on any atom is 0.305 e. The maximum atomic E-state index is 11.2. The van der Waals surface area contributed by atoms with E-state index in [2.05, 4.69) is 43.1 Å². The molecule has 0 bridgehead atoms. The number of esters is 1. The van der Waals surface area contributed by atoms with Gasteiger partial charge in [-0.3, -0.25) is 4.79 Å². The summed E-state index contributed by atoms with van der Waals surface area (Å²) in [6, 6.07) is 10.6. The molecule has 0 aliphatic carbocycles. The van der Waals surface area contributed by atoms with E-state index < -0.39 is 0 Å². The fraction of sp³-hybridized carbons (Fsp3) is 0.731. The quantitative estimate of drug-likeness (QED) is 0.218. The largest absolute Gasteiger partial charge is 0.469 e. The van der Waals surface area contributed by atoms with Gasteiger partial charge in [-0.1, -0.05) is 89.3 Å². The van der Waals surface area contributed by atoms with Crippen LogP contribution in [0.2, 0.25) is 0 Å². The van der Waals surface area contributed by atoms with Crippen LogP contribution in [0.3, 0.4) is 0 Å². The minimum atomic E-state index is -0.291. The van der Waals surface area contributed by atoms with Crippen molar-refractivity contribution < 1.29 is 14.6 Å². The smallest absolute Gasteiger partial charge is 0.305 e. The van der Waals surface area contributed by atoms with Gasteiger partial charge in [0.05, 0.1) is 19.3 Å². The first kappa shape index (κ1) is 26.5. The average molecular weight is 420 g/mol. The zero-order valence-corrected chi connectivity index (χ0v) is 19.7. The summed E-state index contributed by atoms with van der Waals surface area (Å²) in [4.78, 5) is 13.4. The summed E-state index contributed by atoms with van der Waals surface area (Å²) in [5, 5.41) is 11.0. The van der Waals surface area contributed by atoms with Crippen molar-refractivity contribution in [3.05, 3.63) is 30.3 Å². The Labute approximate surface area is 185 Å². The van der Waals surface area contributed by atoms with Gasteiger partial charge < -0.3 is 14.7 Å². The van der Waals surface area contributed by atoms with Gasteiger partial charge in [0, 0.05) is 19.2 Å². The highest BCUT2D eigenvalue weighted by Crippen LogP contribution is 2.23. The van der Waals surface area contributed by atoms with Crippen molar-refractivity contribution in [1.82, 2.24) is 0 Å². The summed E-state index contributed by atoms with van der Waals surface area (Å²) < 4.78 is 4.69. The Bertz CT molecular complexity index is 534. The molecule has 1 aromatic rings. The SMILES string of the molecule is CCCCCCCCC(O)C(CCCCCCCC(=O)OC)N(C)c1ccccc1. The molecule has 4 heteroatoms. The number of aliphatic hydroxyl groups is 1. The van der Waals surface area contributed by atoms with Gasteiger partial charge in [0.2, 0.25) is 0 Å². The standard InChI is InChI=1S/C26H45NO3/c1-4-5-6-7-10-16-21-25(28)24(27(2)23-18-13-12-14-19-23)20-15-9-8-11-17-22-26(29)30-3/h12-14,18-19,24-25,28H,4-11,15-17,20-22H2,1-3H3. The van der Waals surface area contributed by atoms with E-state index in [1.165, 1.54) is 44.9 Å². The molecule has 0 amide bonds. The maximum absolute atomic E-state index is 11.2. The normalized spacial score (nSPS) is 13.1. The molecule has 0 aliphatic rings. The first-order chi connectivity index (χ1) is 14.6. The van der Waals surface area contributed by atoms with E-state index in [4.69, 9.17) is 4.74 Å². The number of aliphatic hydroxyl groups excluding tert-OH is 1. The number of benzene rings is 1. The lowest BCUT2D eigenvalue weighted by atomic mass is 9.96. The number of anilines is 1. The van der Waals surface area contributed by atoms with E-state index in [0.717, 1.165) is 51.4 Å². The zero-order valence-electron chi connectivity index (χ0n) is 19.7. The Morgan fingerprint density at radius 2 is 1.47 bits per heavy atom. The summed E-state index contributed by atoms with van der Waals surface area (Å²) in [7, 11) is 3.56. The minimum Gasteiger partial charge on any atom is -0.469 e. The fourth-order valence-electron chi connectivity index (χ4n) is 4.08. The van der Waals surface area contributed by atoms with Crippen LogP contribution < -0.4 is 4.90 Å². The number of para-hydroxylation sites is 1. The topological polar surface area (TPSA) is 49.8 Å². The monoisotopic (exact) mass is 419 g/mol.